The van der Waals surface area contributed by atoms with E-state index < -0.39 is 16.0 Å². The fraction of sp³-hybridized carbons (Fsp3) is 0. The average molecular weight is 278 g/mol. The van der Waals surface area contributed by atoms with Crippen molar-refractivity contribution < 1.29 is 18.3 Å². The monoisotopic (exact) mass is 278 g/mol. The van der Waals surface area contributed by atoms with Crippen LogP contribution in [0, 0.1) is 0 Å². The summed E-state index contributed by atoms with van der Waals surface area (Å²) in [6.07, 6.45) is 0.471. The molecular formula is C12H10N2O4S. The minimum absolute atomic E-state index is 0.0220. The lowest BCUT2D eigenvalue weighted by molar-refractivity contribution is -0.128. The van der Waals surface area contributed by atoms with Gasteiger partial charge in [0, 0.05) is 0 Å². The van der Waals surface area contributed by atoms with E-state index in [1.807, 2.05) is 17.0 Å². The van der Waals surface area contributed by atoms with Crippen molar-refractivity contribution in [3.8, 4) is 0 Å². The van der Waals surface area contributed by atoms with E-state index in [2.05, 4.69) is 5.10 Å². The zero-order chi connectivity index (χ0) is 13.9. The highest BCUT2D eigenvalue weighted by Gasteiger charge is 2.13. The molecule has 0 aromatic heterocycles. The molecule has 2 aromatic rings. The van der Waals surface area contributed by atoms with Crippen molar-refractivity contribution in [1.29, 1.82) is 0 Å². The van der Waals surface area contributed by atoms with Gasteiger partial charge in [-0.3, -0.25) is 0 Å². The Labute approximate surface area is 109 Å². The first-order valence-corrected chi connectivity index (χ1v) is 6.74. The predicted molar refractivity (Wildman–Crippen MR) is 70.4 cm³/mol. The summed E-state index contributed by atoms with van der Waals surface area (Å²) in [5.41, 5.74) is 0. The van der Waals surface area contributed by atoms with Gasteiger partial charge in [-0.15, -0.1) is 0 Å². The third kappa shape index (κ3) is 3.08. The lowest BCUT2D eigenvalue weighted by Crippen LogP contribution is -2.19. The van der Waals surface area contributed by atoms with Gasteiger partial charge in [0.25, 0.3) is 10.0 Å². The van der Waals surface area contributed by atoms with Gasteiger partial charge >= 0.3 is 5.97 Å². The molecule has 0 aliphatic carbocycles. The van der Waals surface area contributed by atoms with Gasteiger partial charge in [-0.2, -0.15) is 18.4 Å². The molecule has 0 spiro atoms. The number of nitrogens with one attached hydrogen (secondary N) is 1. The van der Waals surface area contributed by atoms with Gasteiger partial charge in [0.1, 0.15) is 6.21 Å². The number of hydrazone groups is 1. The third-order valence-electron chi connectivity index (χ3n) is 2.38. The van der Waals surface area contributed by atoms with Crippen molar-refractivity contribution in [3.63, 3.8) is 0 Å². The van der Waals surface area contributed by atoms with Gasteiger partial charge in [-0.25, -0.2) is 4.79 Å². The van der Waals surface area contributed by atoms with E-state index in [1.165, 1.54) is 12.1 Å². The molecule has 19 heavy (non-hydrogen) atoms. The SMILES string of the molecule is O=C(O)/C=N/NS(=O)(=O)c1ccc2ccccc2c1. The number of hydrogen-bond acceptors (Lipinski definition) is 4. The van der Waals surface area contributed by atoms with Gasteiger partial charge in [0.05, 0.1) is 4.90 Å². The number of carbonyl (C=O) groups is 1. The second-order valence-corrected chi connectivity index (χ2v) is 5.36. The van der Waals surface area contributed by atoms with Crippen molar-refractivity contribution in [3.05, 3.63) is 42.5 Å². The zero-order valence-electron chi connectivity index (χ0n) is 9.65. The minimum Gasteiger partial charge on any atom is -0.477 e. The van der Waals surface area contributed by atoms with Gasteiger partial charge in [-0.1, -0.05) is 30.3 Å². The number of carboxylic acid groups (broad SMARTS) is 1. The topological polar surface area (TPSA) is 95.8 Å². The Morgan fingerprint density at radius 2 is 1.84 bits per heavy atom. The van der Waals surface area contributed by atoms with E-state index in [0.717, 1.165) is 10.8 Å². The maximum atomic E-state index is 11.8. The van der Waals surface area contributed by atoms with Gasteiger partial charge in [-0.05, 0) is 22.9 Å². The number of nitrogens with zero attached hydrogens (tertiary/aromatic N) is 1. The predicted octanol–water partition coefficient (Wildman–Crippen LogP) is 1.19. The fourth-order valence-corrected chi connectivity index (χ4v) is 2.36. The Hall–Kier alpha value is -2.41. The van der Waals surface area contributed by atoms with Crippen LogP contribution in [0.1, 0.15) is 0 Å². The van der Waals surface area contributed by atoms with Crippen LogP contribution in [0.2, 0.25) is 0 Å². The van der Waals surface area contributed by atoms with E-state index in [1.54, 1.807) is 18.2 Å². The van der Waals surface area contributed by atoms with Crippen LogP contribution in [0.25, 0.3) is 10.8 Å². The lowest BCUT2D eigenvalue weighted by Gasteiger charge is -2.04. The highest BCUT2D eigenvalue weighted by molar-refractivity contribution is 7.89. The molecule has 0 saturated heterocycles. The minimum atomic E-state index is -3.86. The molecule has 2 aromatic carbocycles. The Morgan fingerprint density at radius 1 is 1.16 bits per heavy atom. The first kappa shape index (κ1) is 13.0. The second kappa shape index (κ2) is 5.07. The molecule has 2 rings (SSSR count). The molecular weight excluding hydrogens is 268 g/mol. The Morgan fingerprint density at radius 3 is 2.53 bits per heavy atom. The largest absolute Gasteiger partial charge is 0.477 e. The molecule has 0 atom stereocenters. The van der Waals surface area contributed by atoms with E-state index in [4.69, 9.17) is 5.11 Å². The first-order valence-electron chi connectivity index (χ1n) is 5.26. The zero-order valence-corrected chi connectivity index (χ0v) is 10.5. The Bertz CT molecular complexity index is 753. The van der Waals surface area contributed by atoms with Crippen LogP contribution in [0.3, 0.4) is 0 Å². The third-order valence-corrected chi connectivity index (χ3v) is 3.60. The quantitative estimate of drug-likeness (QED) is 0.648. The van der Waals surface area contributed by atoms with E-state index in [0.29, 0.717) is 6.21 Å². The van der Waals surface area contributed by atoms with Crippen molar-refractivity contribution >= 4 is 33.0 Å². The van der Waals surface area contributed by atoms with Crippen LogP contribution < -0.4 is 4.83 Å². The second-order valence-electron chi connectivity index (χ2n) is 3.70. The smallest absolute Gasteiger partial charge is 0.348 e. The van der Waals surface area contributed by atoms with Crippen molar-refractivity contribution in [2.45, 2.75) is 4.90 Å². The number of rotatable bonds is 4. The Balaban J connectivity index is 2.35. The van der Waals surface area contributed by atoms with Crippen LogP contribution in [-0.4, -0.2) is 25.7 Å². The van der Waals surface area contributed by atoms with Crippen LogP contribution in [0.15, 0.2) is 52.5 Å². The highest BCUT2D eigenvalue weighted by atomic mass is 32.2. The number of carboxylic acids is 1. The molecule has 0 amide bonds. The molecule has 0 radical (unpaired) electrons. The molecule has 7 heteroatoms. The van der Waals surface area contributed by atoms with Crippen LogP contribution >= 0.6 is 0 Å². The maximum Gasteiger partial charge on any atom is 0.348 e. The average Bonchev–Trinajstić information content (AvgIpc) is 2.37. The number of sulfonamides is 1. The summed E-state index contributed by atoms with van der Waals surface area (Å²) in [6.45, 7) is 0. The van der Waals surface area contributed by atoms with Gasteiger partial charge in [0.2, 0.25) is 0 Å². The summed E-state index contributed by atoms with van der Waals surface area (Å²) in [4.78, 5) is 12.1. The normalized spacial score (nSPS) is 11.8. The van der Waals surface area contributed by atoms with Crippen molar-refractivity contribution in [2.24, 2.45) is 5.10 Å². The standard InChI is InChI=1S/C12H10N2O4S/c15-12(16)8-13-14-19(17,18)11-6-5-9-3-1-2-4-10(9)7-11/h1-8,14H,(H,15,16)/b13-8+. The van der Waals surface area contributed by atoms with Crippen LogP contribution in [-0.2, 0) is 14.8 Å². The molecule has 0 aliphatic heterocycles. The van der Waals surface area contributed by atoms with Crippen molar-refractivity contribution in [2.75, 3.05) is 0 Å². The van der Waals surface area contributed by atoms with Gasteiger partial charge in [0.15, 0.2) is 0 Å². The van der Waals surface area contributed by atoms with Crippen LogP contribution in [0.5, 0.6) is 0 Å². The van der Waals surface area contributed by atoms with Gasteiger partial charge < -0.3 is 5.11 Å². The molecule has 6 nitrogen and oxygen atoms in total. The maximum absolute atomic E-state index is 11.8. The molecule has 0 aliphatic rings. The molecule has 98 valence electrons. The number of fused-ring (bicyclic) bond motifs is 1. The Kier molecular flexibility index (Phi) is 3.48. The number of aliphatic carboxylic acids is 1. The van der Waals surface area contributed by atoms with Crippen LogP contribution in [0.4, 0.5) is 0 Å². The summed E-state index contributed by atoms with van der Waals surface area (Å²) < 4.78 is 23.7. The lowest BCUT2D eigenvalue weighted by atomic mass is 10.1. The molecule has 2 N–H and O–H groups in total. The molecule has 0 bridgehead atoms. The molecule has 0 fully saturated rings. The summed E-state index contributed by atoms with van der Waals surface area (Å²) >= 11 is 0. The molecule has 0 heterocycles. The molecule has 0 unspecified atom stereocenters. The summed E-state index contributed by atoms with van der Waals surface area (Å²) in [5.74, 6) is -1.33. The number of benzene rings is 2. The summed E-state index contributed by atoms with van der Waals surface area (Å²) in [6, 6.07) is 11.9. The molecule has 0 saturated carbocycles. The van der Waals surface area contributed by atoms with E-state index in [9.17, 15) is 13.2 Å². The van der Waals surface area contributed by atoms with Crippen molar-refractivity contribution in [1.82, 2.24) is 4.83 Å². The summed E-state index contributed by atoms with van der Waals surface area (Å²) in [7, 11) is -3.86. The first-order chi connectivity index (χ1) is 8.99. The van der Waals surface area contributed by atoms with E-state index in [-0.39, 0.29) is 4.90 Å². The summed E-state index contributed by atoms with van der Waals surface area (Å²) in [5, 5.41) is 13.2. The number of hydrogen-bond donors (Lipinski definition) is 2. The fourth-order valence-electron chi connectivity index (χ4n) is 1.54. The van der Waals surface area contributed by atoms with E-state index >= 15 is 0 Å². The highest BCUT2D eigenvalue weighted by Crippen LogP contribution is 2.18.